The largest absolute Gasteiger partial charge is 0.490 e. The van der Waals surface area contributed by atoms with Crippen LogP contribution in [-0.4, -0.2) is 34.2 Å². The van der Waals surface area contributed by atoms with Gasteiger partial charge in [0.2, 0.25) is 0 Å². The number of nitrogens with one attached hydrogen (secondary N) is 1. The Morgan fingerprint density at radius 2 is 1.89 bits per heavy atom. The molecule has 0 unspecified atom stereocenters. The van der Waals surface area contributed by atoms with Gasteiger partial charge in [-0.25, -0.2) is 0 Å². The van der Waals surface area contributed by atoms with Crippen LogP contribution < -0.4 is 9.47 Å². The van der Waals surface area contributed by atoms with Gasteiger partial charge in [0.05, 0.1) is 23.2 Å². The van der Waals surface area contributed by atoms with Gasteiger partial charge in [-0.15, -0.1) is 21.5 Å². The molecule has 2 heterocycles. The monoisotopic (exact) mass is 403 g/mol. The predicted molar refractivity (Wildman–Crippen MR) is 109 cm³/mol. The second-order valence-electron chi connectivity index (χ2n) is 5.73. The molecular formula is C19H21N3O3S2. The number of ether oxygens (including phenoxy) is 2. The highest BCUT2D eigenvalue weighted by atomic mass is 32.2. The van der Waals surface area contributed by atoms with Gasteiger partial charge in [0.25, 0.3) is 0 Å². The van der Waals surface area contributed by atoms with Crippen LogP contribution in [0.3, 0.4) is 0 Å². The molecule has 2 aromatic rings. The minimum atomic E-state index is -0.631. The van der Waals surface area contributed by atoms with Crippen LogP contribution >= 0.6 is 23.1 Å². The number of ketones is 1. The van der Waals surface area contributed by atoms with Crippen molar-refractivity contribution in [2.75, 3.05) is 13.2 Å². The van der Waals surface area contributed by atoms with Crippen molar-refractivity contribution in [3.63, 3.8) is 0 Å². The smallest absolute Gasteiger partial charge is 0.186 e. The number of allylic oxidation sites excluding steroid dienone is 1. The van der Waals surface area contributed by atoms with Crippen LogP contribution in [0.2, 0.25) is 0 Å². The van der Waals surface area contributed by atoms with Crippen LogP contribution in [0.25, 0.3) is 6.08 Å². The van der Waals surface area contributed by atoms with Crippen molar-refractivity contribution in [1.82, 2.24) is 10.2 Å². The Hall–Kier alpha value is -2.19. The van der Waals surface area contributed by atoms with Gasteiger partial charge in [-0.05, 0) is 44.0 Å². The Bertz CT molecular complexity index is 892. The van der Waals surface area contributed by atoms with Crippen LogP contribution in [0.4, 0.5) is 0 Å². The van der Waals surface area contributed by atoms with E-state index in [0.29, 0.717) is 39.7 Å². The maximum Gasteiger partial charge on any atom is 0.186 e. The number of thioether (sulfide) groups is 1. The molecule has 0 aliphatic carbocycles. The SMILES string of the molecule is CCOc1ccc(/C=C2\SC(=N)[C@H](c3nnc(CC)s3)C2=O)cc1OCC. The minimum absolute atomic E-state index is 0.101. The molecule has 0 bridgehead atoms. The number of hydrogen-bond acceptors (Lipinski definition) is 8. The third kappa shape index (κ3) is 4.22. The molecule has 1 aromatic carbocycles. The molecule has 3 rings (SSSR count). The minimum Gasteiger partial charge on any atom is -0.490 e. The topological polar surface area (TPSA) is 85.2 Å². The van der Waals surface area contributed by atoms with Crippen molar-refractivity contribution in [3.05, 3.63) is 38.7 Å². The number of hydrogen-bond donors (Lipinski definition) is 1. The standard InChI is InChI=1S/C19H21N3O3S2/c1-4-15-21-22-19(27-15)16-17(23)14(26-18(16)20)10-11-7-8-12(24-5-2)13(9-11)25-6-3/h7-10,16,20H,4-6H2,1-3H3/b14-10-,20-18?/t16-/m1/s1. The van der Waals surface area contributed by atoms with Gasteiger partial charge in [0.15, 0.2) is 17.3 Å². The normalized spacial score (nSPS) is 18.3. The average Bonchev–Trinajstić information content (AvgIpc) is 3.22. The lowest BCUT2D eigenvalue weighted by atomic mass is 10.1. The van der Waals surface area contributed by atoms with E-state index in [1.54, 1.807) is 6.08 Å². The molecule has 0 spiro atoms. The zero-order chi connectivity index (χ0) is 19.4. The maximum atomic E-state index is 12.9. The van der Waals surface area contributed by atoms with Gasteiger partial charge >= 0.3 is 0 Å². The number of benzene rings is 1. The highest BCUT2D eigenvalue weighted by molar-refractivity contribution is 8.19. The van der Waals surface area contributed by atoms with Crippen LogP contribution in [0.5, 0.6) is 11.5 Å². The average molecular weight is 404 g/mol. The van der Waals surface area contributed by atoms with E-state index in [0.717, 1.165) is 17.0 Å². The highest BCUT2D eigenvalue weighted by Crippen LogP contribution is 2.42. The number of carbonyl (C=O) groups is 1. The Balaban J connectivity index is 1.88. The van der Waals surface area contributed by atoms with Gasteiger partial charge < -0.3 is 9.47 Å². The van der Waals surface area contributed by atoms with Crippen LogP contribution in [0.15, 0.2) is 23.1 Å². The number of carbonyl (C=O) groups excluding carboxylic acids is 1. The van der Waals surface area contributed by atoms with Gasteiger partial charge in [-0.2, -0.15) is 0 Å². The summed E-state index contributed by atoms with van der Waals surface area (Å²) in [5.74, 6) is 0.592. The third-order valence-corrected chi connectivity index (χ3v) is 6.01. The quantitative estimate of drug-likeness (QED) is 0.693. The molecule has 1 aromatic heterocycles. The number of Topliss-reactive ketones (excluding diaryl/α,β-unsaturated/α-hetero) is 1. The zero-order valence-corrected chi connectivity index (χ0v) is 17.1. The van der Waals surface area contributed by atoms with Gasteiger partial charge in [-0.3, -0.25) is 10.2 Å². The van der Waals surface area contributed by atoms with E-state index in [1.165, 1.54) is 23.1 Å². The molecule has 142 valence electrons. The molecule has 1 N–H and O–H groups in total. The molecule has 1 saturated heterocycles. The van der Waals surface area contributed by atoms with Crippen molar-refractivity contribution in [2.24, 2.45) is 0 Å². The van der Waals surface area contributed by atoms with Crippen LogP contribution in [0.1, 0.15) is 42.3 Å². The molecule has 0 saturated carbocycles. The Morgan fingerprint density at radius 3 is 2.56 bits per heavy atom. The number of nitrogens with zero attached hydrogens (tertiary/aromatic N) is 2. The Morgan fingerprint density at radius 1 is 1.15 bits per heavy atom. The van der Waals surface area contributed by atoms with Crippen molar-refractivity contribution >= 4 is 40.0 Å². The van der Waals surface area contributed by atoms with Crippen LogP contribution in [-0.2, 0) is 11.2 Å². The second kappa shape index (κ2) is 8.67. The zero-order valence-electron chi connectivity index (χ0n) is 15.4. The van der Waals surface area contributed by atoms with E-state index < -0.39 is 5.92 Å². The van der Waals surface area contributed by atoms with E-state index in [4.69, 9.17) is 14.9 Å². The van der Waals surface area contributed by atoms with E-state index in [9.17, 15) is 4.79 Å². The third-order valence-electron chi connectivity index (χ3n) is 3.88. The van der Waals surface area contributed by atoms with Gasteiger partial charge in [0, 0.05) is 0 Å². The summed E-state index contributed by atoms with van der Waals surface area (Å²) >= 11 is 2.59. The van der Waals surface area contributed by atoms with Gasteiger partial charge in [-0.1, -0.05) is 24.8 Å². The number of aromatic nitrogens is 2. The molecule has 6 nitrogen and oxygen atoms in total. The molecule has 8 heteroatoms. The van der Waals surface area contributed by atoms with Crippen molar-refractivity contribution < 1.29 is 14.3 Å². The van der Waals surface area contributed by atoms with Crippen molar-refractivity contribution in [2.45, 2.75) is 33.1 Å². The summed E-state index contributed by atoms with van der Waals surface area (Å²) in [5.41, 5.74) is 0.831. The van der Waals surface area contributed by atoms with E-state index >= 15 is 0 Å². The maximum absolute atomic E-state index is 12.9. The molecule has 0 radical (unpaired) electrons. The fourth-order valence-electron chi connectivity index (χ4n) is 2.65. The molecule has 1 fully saturated rings. The molecule has 0 amide bonds. The highest BCUT2D eigenvalue weighted by Gasteiger charge is 2.39. The van der Waals surface area contributed by atoms with E-state index in [2.05, 4.69) is 10.2 Å². The lowest BCUT2D eigenvalue weighted by Gasteiger charge is -2.11. The molecule has 1 aliphatic heterocycles. The second-order valence-corrected chi connectivity index (χ2v) is 7.91. The Kier molecular flexibility index (Phi) is 6.28. The summed E-state index contributed by atoms with van der Waals surface area (Å²) in [6, 6.07) is 5.57. The predicted octanol–water partition coefficient (Wildman–Crippen LogP) is 4.32. The summed E-state index contributed by atoms with van der Waals surface area (Å²) in [6.45, 7) is 6.90. The van der Waals surface area contributed by atoms with E-state index in [1.807, 2.05) is 39.0 Å². The molecule has 27 heavy (non-hydrogen) atoms. The fraction of sp³-hybridized carbons (Fsp3) is 0.368. The first-order chi connectivity index (χ1) is 13.1. The summed E-state index contributed by atoms with van der Waals surface area (Å²) in [6.07, 6.45) is 2.57. The first-order valence-electron chi connectivity index (χ1n) is 8.81. The lowest BCUT2D eigenvalue weighted by Crippen LogP contribution is -2.11. The number of rotatable bonds is 7. The fourth-order valence-corrected chi connectivity index (χ4v) is 4.60. The van der Waals surface area contributed by atoms with Crippen molar-refractivity contribution in [3.8, 4) is 11.5 Å². The summed E-state index contributed by atoms with van der Waals surface area (Å²) in [5, 5.41) is 18.2. The number of aryl methyl sites for hydroxylation is 1. The van der Waals surface area contributed by atoms with Gasteiger partial charge in [0.1, 0.15) is 15.9 Å². The molecule has 1 aliphatic rings. The first-order valence-corrected chi connectivity index (χ1v) is 10.4. The molecule has 1 atom stereocenters. The van der Waals surface area contributed by atoms with E-state index in [-0.39, 0.29) is 5.78 Å². The van der Waals surface area contributed by atoms with Crippen molar-refractivity contribution in [1.29, 1.82) is 5.41 Å². The van der Waals surface area contributed by atoms with Crippen LogP contribution in [0, 0.1) is 5.41 Å². The lowest BCUT2D eigenvalue weighted by molar-refractivity contribution is -0.114. The Labute approximate surface area is 166 Å². The summed E-state index contributed by atoms with van der Waals surface area (Å²) in [7, 11) is 0. The first kappa shape index (κ1) is 19.6. The summed E-state index contributed by atoms with van der Waals surface area (Å²) in [4.78, 5) is 13.4. The summed E-state index contributed by atoms with van der Waals surface area (Å²) < 4.78 is 11.2. The molecular weight excluding hydrogens is 382 g/mol.